The number of ether oxygens (including phenoxy) is 2. The van der Waals surface area contributed by atoms with Gasteiger partial charge in [-0.05, 0) is 69.3 Å². The van der Waals surface area contributed by atoms with E-state index < -0.39 is 28.1 Å². The van der Waals surface area contributed by atoms with Crippen molar-refractivity contribution in [3.63, 3.8) is 0 Å². The molecule has 0 unspecified atom stereocenters. The predicted octanol–water partition coefficient (Wildman–Crippen LogP) is 5.71. The van der Waals surface area contributed by atoms with Crippen molar-refractivity contribution in [2.45, 2.75) is 31.3 Å². The Hall–Kier alpha value is -3.31. The van der Waals surface area contributed by atoms with Gasteiger partial charge in [-0.3, -0.25) is 9.10 Å². The van der Waals surface area contributed by atoms with Gasteiger partial charge < -0.3 is 18.9 Å². The normalized spacial score (nSPS) is 14.3. The molecule has 12 heteroatoms. The summed E-state index contributed by atoms with van der Waals surface area (Å²) in [6.07, 6.45) is 3.65. The number of nitrogens with zero attached hydrogens (tertiary/aromatic N) is 4. The first-order valence-corrected chi connectivity index (χ1v) is 15.2. The number of hydrogen-bond donors (Lipinski definition) is 0. The maximum Gasteiger partial charge on any atom is 0.327 e. The van der Waals surface area contributed by atoms with Gasteiger partial charge in [0.25, 0.3) is 10.0 Å². The minimum atomic E-state index is -4.25. The zero-order chi connectivity index (χ0) is 29.4. The summed E-state index contributed by atoms with van der Waals surface area (Å²) in [6.45, 7) is 7.58. The predicted molar refractivity (Wildman–Crippen MR) is 161 cm³/mol. The van der Waals surface area contributed by atoms with E-state index in [1.807, 2.05) is 29.0 Å². The smallest absolute Gasteiger partial charge is 0.327 e. The summed E-state index contributed by atoms with van der Waals surface area (Å²) < 4.78 is 41.6. The minimum absolute atomic E-state index is 0.139. The number of rotatable bonds is 7. The maximum atomic E-state index is 13.9. The van der Waals surface area contributed by atoms with Crippen molar-refractivity contribution >= 4 is 61.5 Å². The van der Waals surface area contributed by atoms with Crippen molar-refractivity contribution < 1.29 is 22.7 Å². The number of aromatic nitrogens is 2. The van der Waals surface area contributed by atoms with E-state index in [0.29, 0.717) is 13.2 Å². The highest BCUT2D eigenvalue weighted by Crippen LogP contribution is 2.32. The standard InChI is InChI=1S/C29H30Cl2N4O5S/c1-29(2,3)40-28(36)19-35(41(37,38)25-16-21(30)15-22(31)17-25)24-4-5-26-20(14-24)7-9-34(26)27-18-23(6-8-32-27)33-10-12-39-13-11-33/h4-9,14-18H,10-13,19H2,1-3H3. The average molecular weight is 618 g/mol. The van der Waals surface area contributed by atoms with Crippen molar-refractivity contribution in [2.24, 2.45) is 0 Å². The van der Waals surface area contributed by atoms with Crippen LogP contribution in [0.3, 0.4) is 0 Å². The second kappa shape index (κ2) is 11.5. The third kappa shape index (κ3) is 6.62. The van der Waals surface area contributed by atoms with Crippen LogP contribution in [0.4, 0.5) is 11.4 Å². The summed E-state index contributed by atoms with van der Waals surface area (Å²) in [7, 11) is -4.25. The van der Waals surface area contributed by atoms with Gasteiger partial charge in [0.15, 0.2) is 0 Å². The fourth-order valence-electron chi connectivity index (χ4n) is 4.65. The maximum absolute atomic E-state index is 13.9. The van der Waals surface area contributed by atoms with Crippen LogP contribution in [-0.2, 0) is 24.3 Å². The largest absolute Gasteiger partial charge is 0.459 e. The van der Waals surface area contributed by atoms with Crippen molar-refractivity contribution in [2.75, 3.05) is 42.1 Å². The van der Waals surface area contributed by atoms with Crippen molar-refractivity contribution in [1.82, 2.24) is 9.55 Å². The first-order valence-electron chi connectivity index (χ1n) is 13.0. The van der Waals surface area contributed by atoms with E-state index in [9.17, 15) is 13.2 Å². The molecule has 0 radical (unpaired) electrons. The van der Waals surface area contributed by atoms with Crippen LogP contribution in [0.5, 0.6) is 0 Å². The Labute approximate surface area is 249 Å². The van der Waals surface area contributed by atoms with E-state index >= 15 is 0 Å². The van der Waals surface area contributed by atoms with Crippen molar-refractivity contribution in [3.8, 4) is 5.82 Å². The number of pyridine rings is 1. The Morgan fingerprint density at radius 3 is 2.41 bits per heavy atom. The van der Waals surface area contributed by atoms with E-state index in [0.717, 1.165) is 39.8 Å². The second-order valence-corrected chi connectivity index (χ2v) is 13.3. The van der Waals surface area contributed by atoms with Crippen molar-refractivity contribution in [1.29, 1.82) is 0 Å². The Morgan fingerprint density at radius 1 is 1.02 bits per heavy atom. The molecule has 0 amide bonds. The highest BCUT2D eigenvalue weighted by atomic mass is 35.5. The number of carbonyl (C=O) groups excluding carboxylic acids is 1. The molecule has 1 fully saturated rings. The van der Waals surface area contributed by atoms with Crippen LogP contribution in [0.15, 0.2) is 71.9 Å². The third-order valence-electron chi connectivity index (χ3n) is 6.43. The lowest BCUT2D eigenvalue weighted by Gasteiger charge is -2.29. The molecule has 0 aliphatic carbocycles. The number of esters is 1. The SMILES string of the molecule is CC(C)(C)OC(=O)CN(c1ccc2c(ccn2-c2cc(N3CCOCC3)ccn2)c1)S(=O)(=O)c1cc(Cl)cc(Cl)c1. The zero-order valence-corrected chi connectivity index (χ0v) is 25.2. The van der Waals surface area contributed by atoms with Crippen LogP contribution in [0.25, 0.3) is 16.7 Å². The lowest BCUT2D eigenvalue weighted by molar-refractivity contribution is -0.152. The molecule has 0 bridgehead atoms. The molecule has 2 aromatic heterocycles. The minimum Gasteiger partial charge on any atom is -0.459 e. The van der Waals surface area contributed by atoms with Crippen LogP contribution in [0.2, 0.25) is 10.0 Å². The van der Waals surface area contributed by atoms with Gasteiger partial charge in [-0.2, -0.15) is 0 Å². The van der Waals surface area contributed by atoms with E-state index in [-0.39, 0.29) is 20.6 Å². The highest BCUT2D eigenvalue weighted by molar-refractivity contribution is 7.92. The fraction of sp³-hybridized carbons (Fsp3) is 0.310. The Bertz CT molecular complexity index is 1670. The number of fused-ring (bicyclic) bond motifs is 1. The summed E-state index contributed by atoms with van der Waals surface area (Å²) in [5.41, 5.74) is 1.36. The van der Waals surface area contributed by atoms with E-state index in [4.69, 9.17) is 32.7 Å². The van der Waals surface area contributed by atoms with Gasteiger partial charge >= 0.3 is 5.97 Å². The molecule has 2 aromatic carbocycles. The first-order chi connectivity index (χ1) is 19.4. The molecular formula is C29H30Cl2N4O5S. The monoisotopic (exact) mass is 616 g/mol. The van der Waals surface area contributed by atoms with Crippen LogP contribution in [-0.4, -0.2) is 62.4 Å². The molecule has 1 aliphatic rings. The molecule has 1 saturated heterocycles. The van der Waals surface area contributed by atoms with Crippen LogP contribution >= 0.6 is 23.2 Å². The summed E-state index contributed by atoms with van der Waals surface area (Å²) in [6, 6.07) is 15.1. The number of hydrogen-bond acceptors (Lipinski definition) is 7. The van der Waals surface area contributed by atoms with E-state index in [1.54, 1.807) is 45.2 Å². The molecule has 4 aromatic rings. The molecule has 3 heterocycles. The summed E-state index contributed by atoms with van der Waals surface area (Å²) in [5.74, 6) is 0.0274. The average Bonchev–Trinajstić information content (AvgIpc) is 3.34. The summed E-state index contributed by atoms with van der Waals surface area (Å²) in [5, 5.41) is 1.08. The zero-order valence-electron chi connectivity index (χ0n) is 22.9. The quantitative estimate of drug-likeness (QED) is 0.246. The molecule has 216 valence electrons. The Kier molecular flexibility index (Phi) is 8.20. The number of benzene rings is 2. The summed E-state index contributed by atoms with van der Waals surface area (Å²) in [4.78, 5) is 19.5. The first kappa shape index (κ1) is 29.2. The Balaban J connectivity index is 1.53. The van der Waals surface area contributed by atoms with E-state index in [2.05, 4.69) is 9.88 Å². The van der Waals surface area contributed by atoms with Crippen LogP contribution in [0, 0.1) is 0 Å². The lowest BCUT2D eigenvalue weighted by atomic mass is 10.2. The topological polar surface area (TPSA) is 94.0 Å². The molecule has 9 nitrogen and oxygen atoms in total. The van der Waals surface area contributed by atoms with Gasteiger partial charge in [0, 0.05) is 52.7 Å². The lowest BCUT2D eigenvalue weighted by Crippen LogP contribution is -2.39. The third-order valence-corrected chi connectivity index (χ3v) is 8.62. The number of sulfonamides is 1. The molecule has 0 atom stereocenters. The van der Waals surface area contributed by atoms with Gasteiger partial charge in [-0.1, -0.05) is 23.2 Å². The number of morpholine rings is 1. The Morgan fingerprint density at radius 2 is 1.73 bits per heavy atom. The second-order valence-electron chi connectivity index (χ2n) is 10.6. The molecule has 0 N–H and O–H groups in total. The van der Waals surface area contributed by atoms with Gasteiger partial charge in [-0.15, -0.1) is 0 Å². The van der Waals surface area contributed by atoms with Gasteiger partial charge in [0.05, 0.1) is 29.3 Å². The van der Waals surface area contributed by atoms with E-state index in [1.165, 1.54) is 18.2 Å². The fourth-order valence-corrected chi connectivity index (χ4v) is 6.78. The molecule has 1 aliphatic heterocycles. The number of halogens is 2. The molecule has 41 heavy (non-hydrogen) atoms. The van der Waals surface area contributed by atoms with Crippen LogP contribution in [0.1, 0.15) is 20.8 Å². The molecule has 5 rings (SSSR count). The van der Waals surface area contributed by atoms with Crippen molar-refractivity contribution in [3.05, 3.63) is 77.0 Å². The number of carbonyl (C=O) groups is 1. The van der Waals surface area contributed by atoms with Gasteiger partial charge in [0.1, 0.15) is 18.0 Å². The molecular weight excluding hydrogens is 587 g/mol. The number of anilines is 2. The van der Waals surface area contributed by atoms with Gasteiger partial charge in [0.2, 0.25) is 0 Å². The summed E-state index contributed by atoms with van der Waals surface area (Å²) >= 11 is 12.2. The molecule has 0 saturated carbocycles. The van der Waals surface area contributed by atoms with Gasteiger partial charge in [-0.25, -0.2) is 13.4 Å². The highest BCUT2D eigenvalue weighted by Gasteiger charge is 2.30. The molecule has 0 spiro atoms. The van der Waals surface area contributed by atoms with Crippen LogP contribution < -0.4 is 9.21 Å².